The quantitative estimate of drug-likeness (QED) is 0.681. The molecule has 0 spiro atoms. The summed E-state index contributed by atoms with van der Waals surface area (Å²) in [5.41, 5.74) is 2.61. The molecule has 1 saturated heterocycles. The highest BCUT2D eigenvalue weighted by Crippen LogP contribution is 2.18. The molecular weight excluding hydrogens is 362 g/mol. The van der Waals surface area contributed by atoms with Crippen molar-refractivity contribution in [3.63, 3.8) is 0 Å². The van der Waals surface area contributed by atoms with E-state index in [-0.39, 0.29) is 11.9 Å². The molecule has 1 aliphatic heterocycles. The molecule has 5 nitrogen and oxygen atoms in total. The van der Waals surface area contributed by atoms with Crippen LogP contribution in [-0.4, -0.2) is 37.6 Å². The summed E-state index contributed by atoms with van der Waals surface area (Å²) >= 11 is 0. The zero-order valence-corrected chi connectivity index (χ0v) is 16.9. The zero-order valence-electron chi connectivity index (χ0n) is 16.9. The first-order valence-corrected chi connectivity index (χ1v) is 10.4. The van der Waals surface area contributed by atoms with Crippen LogP contribution >= 0.6 is 0 Å². The van der Waals surface area contributed by atoms with Crippen molar-refractivity contribution < 1.29 is 14.4 Å². The van der Waals surface area contributed by atoms with Crippen LogP contribution in [0.3, 0.4) is 0 Å². The first-order chi connectivity index (χ1) is 14.3. The molecule has 0 bridgehead atoms. The molecule has 0 aliphatic carbocycles. The number of quaternary nitrogens is 1. The van der Waals surface area contributed by atoms with E-state index in [1.54, 1.807) is 13.3 Å². The third-order valence-corrected chi connectivity index (χ3v) is 5.85. The van der Waals surface area contributed by atoms with Crippen LogP contribution in [0, 0.1) is 0 Å². The van der Waals surface area contributed by atoms with Gasteiger partial charge in [0.25, 0.3) is 5.91 Å². The summed E-state index contributed by atoms with van der Waals surface area (Å²) in [7, 11) is 1.68. The number of amides is 1. The van der Waals surface area contributed by atoms with Gasteiger partial charge in [0.15, 0.2) is 0 Å². The maximum absolute atomic E-state index is 13.0. The third kappa shape index (κ3) is 4.40. The number of carbonyl (C=O) groups is 1. The predicted molar refractivity (Wildman–Crippen MR) is 114 cm³/mol. The molecule has 29 heavy (non-hydrogen) atoms. The summed E-state index contributed by atoms with van der Waals surface area (Å²) in [6.07, 6.45) is 5.51. The molecular formula is C24H28N3O2+. The van der Waals surface area contributed by atoms with E-state index in [2.05, 4.69) is 22.4 Å². The molecule has 1 atom stereocenters. The van der Waals surface area contributed by atoms with Crippen molar-refractivity contribution in [1.29, 1.82) is 0 Å². The minimum absolute atomic E-state index is 0.0655. The van der Waals surface area contributed by atoms with Crippen molar-refractivity contribution in [1.82, 2.24) is 10.3 Å². The summed E-state index contributed by atoms with van der Waals surface area (Å²) in [4.78, 5) is 19.0. The van der Waals surface area contributed by atoms with Gasteiger partial charge in [-0.2, -0.15) is 0 Å². The van der Waals surface area contributed by atoms with Crippen LogP contribution in [0.25, 0.3) is 10.9 Å². The SMILES string of the molecule is COc1ccc([C@@H](CNC(=O)c2cccc3cccnc23)[NH+]2CCCCC2)cc1. The Bertz CT molecular complexity index is 960. The van der Waals surface area contributed by atoms with Gasteiger partial charge in [-0.05, 0) is 55.7 Å². The topological polar surface area (TPSA) is 55.7 Å². The second-order valence-electron chi connectivity index (χ2n) is 7.64. The van der Waals surface area contributed by atoms with Crippen LogP contribution in [-0.2, 0) is 0 Å². The molecule has 2 N–H and O–H groups in total. The summed E-state index contributed by atoms with van der Waals surface area (Å²) in [5.74, 6) is 0.788. The van der Waals surface area contributed by atoms with E-state index in [0.29, 0.717) is 12.1 Å². The van der Waals surface area contributed by atoms with Crippen LogP contribution in [0.15, 0.2) is 60.8 Å². The van der Waals surface area contributed by atoms with Gasteiger partial charge in [-0.3, -0.25) is 9.78 Å². The van der Waals surface area contributed by atoms with Gasteiger partial charge in [0.2, 0.25) is 0 Å². The molecule has 3 aromatic rings. The Morgan fingerprint density at radius 2 is 1.83 bits per heavy atom. The van der Waals surface area contributed by atoms with Crippen LogP contribution in [0.1, 0.15) is 41.2 Å². The molecule has 1 aromatic heterocycles. The predicted octanol–water partition coefficient (Wildman–Crippen LogP) is 2.78. The highest BCUT2D eigenvalue weighted by molar-refractivity contribution is 6.05. The van der Waals surface area contributed by atoms with E-state index in [1.807, 2.05) is 42.5 Å². The Morgan fingerprint density at radius 3 is 2.59 bits per heavy atom. The van der Waals surface area contributed by atoms with Crippen molar-refractivity contribution in [3.8, 4) is 5.75 Å². The van der Waals surface area contributed by atoms with E-state index in [1.165, 1.54) is 29.7 Å². The standard InChI is InChI=1S/C24H27N3O2/c1-29-20-12-10-18(11-13-20)22(27-15-3-2-4-16-27)17-26-24(28)21-9-5-7-19-8-6-14-25-23(19)21/h5-14,22H,2-4,15-17H2,1H3,(H,26,28)/p+1/t22-/m1/s1. The van der Waals surface area contributed by atoms with Gasteiger partial charge in [0, 0.05) is 17.1 Å². The summed E-state index contributed by atoms with van der Waals surface area (Å²) < 4.78 is 5.31. The number of fused-ring (bicyclic) bond motifs is 1. The van der Waals surface area contributed by atoms with Gasteiger partial charge < -0.3 is 15.0 Å². The second-order valence-corrected chi connectivity index (χ2v) is 7.64. The first-order valence-electron chi connectivity index (χ1n) is 10.4. The normalized spacial score (nSPS) is 15.8. The maximum atomic E-state index is 13.0. The fraction of sp³-hybridized carbons (Fsp3) is 0.333. The molecule has 5 heteroatoms. The smallest absolute Gasteiger partial charge is 0.253 e. The first kappa shape index (κ1) is 19.4. The number of methoxy groups -OCH3 is 1. The number of nitrogens with one attached hydrogen (secondary N) is 2. The number of hydrogen-bond donors (Lipinski definition) is 2. The number of hydrogen-bond acceptors (Lipinski definition) is 3. The number of ether oxygens (including phenoxy) is 1. The molecule has 0 radical (unpaired) electrons. The number of piperidine rings is 1. The van der Waals surface area contributed by atoms with Crippen molar-refractivity contribution in [2.24, 2.45) is 0 Å². The number of para-hydroxylation sites is 1. The minimum Gasteiger partial charge on any atom is -0.497 e. The Balaban J connectivity index is 1.54. The summed E-state index contributed by atoms with van der Waals surface area (Å²) in [5, 5.41) is 4.16. The summed E-state index contributed by atoms with van der Waals surface area (Å²) in [6, 6.07) is 18.1. The van der Waals surface area contributed by atoms with Gasteiger partial charge >= 0.3 is 0 Å². The molecule has 2 heterocycles. The lowest BCUT2D eigenvalue weighted by atomic mass is 10.0. The van der Waals surface area contributed by atoms with Crippen LogP contribution in [0.2, 0.25) is 0 Å². The number of pyridine rings is 1. The number of aromatic nitrogens is 1. The van der Waals surface area contributed by atoms with Crippen molar-refractivity contribution in [3.05, 3.63) is 71.9 Å². The average Bonchev–Trinajstić information content (AvgIpc) is 2.80. The van der Waals surface area contributed by atoms with Gasteiger partial charge in [-0.15, -0.1) is 0 Å². The minimum atomic E-state index is -0.0655. The third-order valence-electron chi connectivity index (χ3n) is 5.85. The van der Waals surface area contributed by atoms with E-state index < -0.39 is 0 Å². The molecule has 4 rings (SSSR count). The Kier molecular flexibility index (Phi) is 6.06. The molecule has 150 valence electrons. The number of likely N-dealkylation sites (tertiary alicyclic amines) is 1. The highest BCUT2D eigenvalue weighted by atomic mass is 16.5. The number of carbonyl (C=O) groups excluding carboxylic acids is 1. The lowest BCUT2D eigenvalue weighted by Crippen LogP contribution is -3.13. The number of benzene rings is 2. The molecule has 0 unspecified atom stereocenters. The molecule has 2 aromatic carbocycles. The highest BCUT2D eigenvalue weighted by Gasteiger charge is 2.27. The zero-order chi connectivity index (χ0) is 20.1. The average molecular weight is 391 g/mol. The van der Waals surface area contributed by atoms with E-state index in [9.17, 15) is 4.79 Å². The summed E-state index contributed by atoms with van der Waals surface area (Å²) in [6.45, 7) is 2.88. The van der Waals surface area contributed by atoms with Gasteiger partial charge in [-0.1, -0.05) is 18.2 Å². The second kappa shape index (κ2) is 9.05. The van der Waals surface area contributed by atoms with E-state index >= 15 is 0 Å². The lowest BCUT2D eigenvalue weighted by molar-refractivity contribution is -0.935. The van der Waals surface area contributed by atoms with Crippen LogP contribution < -0.4 is 15.0 Å². The van der Waals surface area contributed by atoms with Crippen LogP contribution in [0.5, 0.6) is 5.75 Å². The maximum Gasteiger partial charge on any atom is 0.253 e. The fourth-order valence-corrected chi connectivity index (χ4v) is 4.27. The van der Waals surface area contributed by atoms with Crippen molar-refractivity contribution in [2.45, 2.75) is 25.3 Å². The van der Waals surface area contributed by atoms with E-state index in [4.69, 9.17) is 4.74 Å². The molecule has 1 fully saturated rings. The number of nitrogens with zero attached hydrogens (tertiary/aromatic N) is 1. The largest absolute Gasteiger partial charge is 0.497 e. The van der Waals surface area contributed by atoms with Crippen molar-refractivity contribution in [2.75, 3.05) is 26.7 Å². The van der Waals surface area contributed by atoms with Crippen molar-refractivity contribution >= 4 is 16.8 Å². The lowest BCUT2D eigenvalue weighted by Gasteiger charge is -2.32. The Labute approximate surface area is 171 Å². The molecule has 1 aliphatic rings. The van der Waals surface area contributed by atoms with Crippen LogP contribution in [0.4, 0.5) is 0 Å². The Morgan fingerprint density at radius 1 is 1.07 bits per heavy atom. The number of rotatable bonds is 6. The molecule has 1 amide bonds. The monoisotopic (exact) mass is 390 g/mol. The molecule has 0 saturated carbocycles. The fourth-order valence-electron chi connectivity index (χ4n) is 4.27. The van der Waals surface area contributed by atoms with E-state index in [0.717, 1.165) is 29.7 Å². The van der Waals surface area contributed by atoms with Gasteiger partial charge in [0.1, 0.15) is 11.8 Å². The van der Waals surface area contributed by atoms with Gasteiger partial charge in [0.05, 0.1) is 37.8 Å². The van der Waals surface area contributed by atoms with Gasteiger partial charge in [-0.25, -0.2) is 0 Å². The Hall–Kier alpha value is -2.92.